The average molecular weight is 538 g/mol. The van der Waals surface area contributed by atoms with Crippen LogP contribution in [0.5, 0.6) is 0 Å². The van der Waals surface area contributed by atoms with Crippen molar-refractivity contribution in [2.24, 2.45) is 4.99 Å². The third-order valence-electron chi connectivity index (χ3n) is 5.75. The number of carbonyl (C=O) groups excluding carboxylic acids is 1. The fourth-order valence-corrected chi connectivity index (χ4v) is 3.43. The number of carbonyl (C=O) groups is 1. The van der Waals surface area contributed by atoms with Gasteiger partial charge in [0.1, 0.15) is 5.82 Å². The maximum absolute atomic E-state index is 13.6. The molecule has 0 aromatic heterocycles. The van der Waals surface area contributed by atoms with E-state index in [-0.39, 0.29) is 47.2 Å². The van der Waals surface area contributed by atoms with E-state index in [9.17, 15) is 9.18 Å². The highest BCUT2D eigenvalue weighted by Crippen LogP contribution is 2.47. The van der Waals surface area contributed by atoms with E-state index >= 15 is 0 Å². The Bertz CT molecular complexity index is 914. The van der Waals surface area contributed by atoms with Crippen LogP contribution in [0.15, 0.2) is 53.5 Å². The first-order valence-electron chi connectivity index (χ1n) is 10.6. The van der Waals surface area contributed by atoms with Gasteiger partial charge in [-0.2, -0.15) is 0 Å². The van der Waals surface area contributed by atoms with Crippen molar-refractivity contribution in [3.05, 3.63) is 71.0 Å². The summed E-state index contributed by atoms with van der Waals surface area (Å²) in [6.07, 6.45) is 2.97. The molecule has 168 valence electrons. The number of halogens is 2. The maximum Gasteiger partial charge on any atom is 0.251 e. The second-order valence-electron chi connectivity index (χ2n) is 8.05. The van der Waals surface area contributed by atoms with E-state index in [1.54, 1.807) is 19.2 Å². The predicted octanol–water partition coefficient (Wildman–Crippen LogP) is 4.37. The van der Waals surface area contributed by atoms with E-state index in [0.29, 0.717) is 24.6 Å². The number of benzene rings is 2. The van der Waals surface area contributed by atoms with Crippen LogP contribution < -0.4 is 16.0 Å². The third kappa shape index (κ3) is 6.92. The van der Waals surface area contributed by atoms with Crippen molar-refractivity contribution in [1.82, 2.24) is 16.0 Å². The molecule has 3 rings (SSSR count). The molecule has 1 amide bonds. The number of hydrogen-bond acceptors (Lipinski definition) is 2. The maximum atomic E-state index is 13.6. The van der Waals surface area contributed by atoms with E-state index in [2.05, 4.69) is 20.9 Å². The number of guanidine groups is 1. The largest absolute Gasteiger partial charge is 0.356 e. The molecule has 0 spiro atoms. The van der Waals surface area contributed by atoms with E-state index in [1.165, 1.54) is 6.07 Å². The summed E-state index contributed by atoms with van der Waals surface area (Å²) in [6.45, 7) is 5.30. The number of nitrogens with one attached hydrogen (secondary N) is 3. The highest BCUT2D eigenvalue weighted by molar-refractivity contribution is 14.0. The third-order valence-corrected chi connectivity index (χ3v) is 5.75. The molecule has 3 N–H and O–H groups in total. The monoisotopic (exact) mass is 538 g/mol. The minimum Gasteiger partial charge on any atom is -0.356 e. The summed E-state index contributed by atoms with van der Waals surface area (Å²) in [5, 5.41) is 9.66. The first-order valence-corrected chi connectivity index (χ1v) is 10.6. The van der Waals surface area contributed by atoms with Crippen LogP contribution in [-0.2, 0) is 12.0 Å². The van der Waals surface area contributed by atoms with Crippen LogP contribution in [0.25, 0.3) is 0 Å². The lowest BCUT2D eigenvalue weighted by Crippen LogP contribution is -2.41. The number of hydrogen-bond donors (Lipinski definition) is 3. The summed E-state index contributed by atoms with van der Waals surface area (Å²) in [5.74, 6) is 0.435. The molecule has 1 saturated carbocycles. The van der Waals surface area contributed by atoms with Crippen LogP contribution in [0.1, 0.15) is 54.6 Å². The van der Waals surface area contributed by atoms with Crippen molar-refractivity contribution in [2.45, 2.75) is 51.1 Å². The fraction of sp³-hybridized carbons (Fsp3) is 0.417. The van der Waals surface area contributed by atoms with Crippen molar-refractivity contribution in [3.8, 4) is 0 Å². The summed E-state index contributed by atoms with van der Waals surface area (Å²) in [4.78, 5) is 16.6. The normalized spacial score (nSPS) is 15.4. The predicted molar refractivity (Wildman–Crippen MR) is 135 cm³/mol. The van der Waals surface area contributed by atoms with Crippen molar-refractivity contribution >= 4 is 35.8 Å². The molecule has 5 nitrogen and oxygen atoms in total. The van der Waals surface area contributed by atoms with Gasteiger partial charge in [-0.15, -0.1) is 24.0 Å². The fourth-order valence-electron chi connectivity index (χ4n) is 3.43. The Kier molecular flexibility index (Phi) is 9.28. The minimum absolute atomic E-state index is 0. The van der Waals surface area contributed by atoms with E-state index in [0.717, 1.165) is 30.4 Å². The highest BCUT2D eigenvalue weighted by atomic mass is 127. The van der Waals surface area contributed by atoms with Gasteiger partial charge in [-0.3, -0.25) is 9.79 Å². The van der Waals surface area contributed by atoms with Gasteiger partial charge >= 0.3 is 0 Å². The average Bonchev–Trinajstić information content (AvgIpc) is 3.55. The van der Waals surface area contributed by atoms with Gasteiger partial charge in [0.15, 0.2) is 5.96 Å². The van der Waals surface area contributed by atoms with Gasteiger partial charge < -0.3 is 16.0 Å². The number of amides is 1. The van der Waals surface area contributed by atoms with Gasteiger partial charge in [-0.1, -0.05) is 31.2 Å². The zero-order valence-corrected chi connectivity index (χ0v) is 20.7. The molecule has 2 aromatic carbocycles. The van der Waals surface area contributed by atoms with Gasteiger partial charge in [0.2, 0.25) is 0 Å². The molecule has 7 heteroatoms. The van der Waals surface area contributed by atoms with Crippen molar-refractivity contribution in [1.29, 1.82) is 0 Å². The van der Waals surface area contributed by atoms with Gasteiger partial charge in [-0.05, 0) is 61.6 Å². The van der Waals surface area contributed by atoms with Gasteiger partial charge in [0, 0.05) is 37.2 Å². The summed E-state index contributed by atoms with van der Waals surface area (Å²) < 4.78 is 13.6. The zero-order valence-electron chi connectivity index (χ0n) is 18.4. The van der Waals surface area contributed by atoms with Crippen LogP contribution in [-0.4, -0.2) is 31.5 Å². The number of rotatable bonds is 8. The smallest absolute Gasteiger partial charge is 0.251 e. The topological polar surface area (TPSA) is 65.5 Å². The Labute approximate surface area is 201 Å². The van der Waals surface area contributed by atoms with Crippen LogP contribution in [0.3, 0.4) is 0 Å². The molecular formula is C24H32FIN4O. The number of nitrogens with zero attached hydrogens (tertiary/aromatic N) is 1. The summed E-state index contributed by atoms with van der Waals surface area (Å²) >= 11 is 0. The second kappa shape index (κ2) is 11.5. The zero-order chi connectivity index (χ0) is 21.6. The Balaban J connectivity index is 0.00000341. The minimum atomic E-state index is -0.196. The summed E-state index contributed by atoms with van der Waals surface area (Å²) in [5.41, 5.74) is 2.67. The lowest BCUT2D eigenvalue weighted by molar-refractivity contribution is 0.0939. The Morgan fingerprint density at radius 1 is 1.16 bits per heavy atom. The second-order valence-corrected chi connectivity index (χ2v) is 8.05. The standard InChI is InChI=1S/C24H31FN4O.HI/c1-4-17(2)29-22(30)19-8-5-7-18(13-19)15-27-23(26-3)28-16-24(11-12-24)20-9-6-10-21(25)14-20;/h5-10,13-14,17H,4,11-12,15-16H2,1-3H3,(H,29,30)(H2,26,27,28);1H. The molecule has 31 heavy (non-hydrogen) atoms. The van der Waals surface area contributed by atoms with Crippen LogP contribution >= 0.6 is 24.0 Å². The number of aliphatic imine (C=N–C) groups is 1. The molecule has 1 fully saturated rings. The van der Waals surface area contributed by atoms with Gasteiger partial charge in [-0.25, -0.2) is 4.39 Å². The molecule has 0 bridgehead atoms. The Hall–Kier alpha value is -2.16. The van der Waals surface area contributed by atoms with E-state index in [1.807, 2.05) is 44.2 Å². The highest BCUT2D eigenvalue weighted by Gasteiger charge is 2.44. The molecule has 0 radical (unpaired) electrons. The Morgan fingerprint density at radius 2 is 1.90 bits per heavy atom. The van der Waals surface area contributed by atoms with E-state index in [4.69, 9.17) is 0 Å². The molecule has 0 saturated heterocycles. The van der Waals surface area contributed by atoms with E-state index < -0.39 is 0 Å². The lowest BCUT2D eigenvalue weighted by atomic mass is 9.96. The van der Waals surface area contributed by atoms with Gasteiger partial charge in [0.25, 0.3) is 5.91 Å². The summed E-state index contributed by atoms with van der Waals surface area (Å²) in [7, 11) is 1.73. The molecule has 2 aromatic rings. The van der Waals surface area contributed by atoms with Crippen molar-refractivity contribution in [3.63, 3.8) is 0 Å². The Morgan fingerprint density at radius 3 is 2.55 bits per heavy atom. The first kappa shape index (κ1) is 25.1. The lowest BCUT2D eigenvalue weighted by Gasteiger charge is -2.19. The van der Waals surface area contributed by atoms with Crippen LogP contribution in [0.2, 0.25) is 0 Å². The molecular weight excluding hydrogens is 506 g/mol. The molecule has 1 aliphatic carbocycles. The first-order chi connectivity index (χ1) is 14.5. The SMILES string of the molecule is CCC(C)NC(=O)c1cccc(CNC(=NC)NCC2(c3cccc(F)c3)CC2)c1.I. The van der Waals surface area contributed by atoms with Crippen LogP contribution in [0.4, 0.5) is 4.39 Å². The van der Waals surface area contributed by atoms with Gasteiger partial charge in [0.05, 0.1) is 0 Å². The molecule has 0 heterocycles. The van der Waals surface area contributed by atoms with Crippen molar-refractivity contribution < 1.29 is 9.18 Å². The van der Waals surface area contributed by atoms with Crippen LogP contribution in [0, 0.1) is 5.82 Å². The molecule has 1 atom stereocenters. The molecule has 0 aliphatic heterocycles. The molecule has 1 unspecified atom stereocenters. The quantitative estimate of drug-likeness (QED) is 0.266. The summed E-state index contributed by atoms with van der Waals surface area (Å²) in [6, 6.07) is 14.6. The van der Waals surface area contributed by atoms with Crippen molar-refractivity contribution in [2.75, 3.05) is 13.6 Å². The molecule has 1 aliphatic rings.